The minimum atomic E-state index is -4.12. The summed E-state index contributed by atoms with van der Waals surface area (Å²) in [5.41, 5.74) is 1.15. The zero-order valence-corrected chi connectivity index (χ0v) is 22.3. The van der Waals surface area contributed by atoms with Gasteiger partial charge in [-0.1, -0.05) is 42.6 Å². The van der Waals surface area contributed by atoms with Crippen molar-refractivity contribution in [2.24, 2.45) is 40.1 Å². The predicted molar refractivity (Wildman–Crippen MR) is 134 cm³/mol. The molecule has 5 rings (SSSR count). The van der Waals surface area contributed by atoms with Gasteiger partial charge in [-0.05, 0) is 86.3 Å². The quantitative estimate of drug-likeness (QED) is 0.506. The van der Waals surface area contributed by atoms with E-state index in [1.807, 2.05) is 6.08 Å². The fraction of sp³-hybridized carbons (Fsp3) is 0.615. The molecule has 7 atom stereocenters. The molecule has 0 aliphatic heterocycles. The summed E-state index contributed by atoms with van der Waals surface area (Å²) < 4.78 is 29.8. The van der Waals surface area contributed by atoms with E-state index in [9.17, 15) is 18.0 Å². The van der Waals surface area contributed by atoms with Crippen LogP contribution in [0.4, 0.5) is 0 Å². The van der Waals surface area contributed by atoms with Crippen LogP contribution in [0.2, 0.25) is 10.0 Å². The van der Waals surface area contributed by atoms with E-state index in [1.165, 1.54) is 11.6 Å². The second kappa shape index (κ2) is 8.86. The van der Waals surface area contributed by atoms with Gasteiger partial charge in [-0.15, -0.1) is 0 Å². The van der Waals surface area contributed by atoms with Crippen LogP contribution in [0.5, 0.6) is 0 Å². The minimum Gasteiger partial charge on any atom is -0.458 e. The third-order valence-corrected chi connectivity index (χ3v) is 11.0. The second-order valence-corrected chi connectivity index (χ2v) is 13.5. The SMILES string of the molecule is C[C@@H]1CC2=CC(=O)CCC2C2CC[C@@]3(C)C(CC[C@@H]3OC(=O)c3cc(S(N)(=O)=O)c(Cl)cc3Cl)C21. The number of benzene rings is 1. The van der Waals surface area contributed by atoms with Gasteiger partial charge in [-0.2, -0.15) is 0 Å². The van der Waals surface area contributed by atoms with Crippen molar-refractivity contribution in [1.82, 2.24) is 0 Å². The number of hydrogen-bond donors (Lipinski definition) is 1. The molecule has 1 aromatic rings. The van der Waals surface area contributed by atoms with Crippen molar-refractivity contribution in [2.75, 3.05) is 0 Å². The molecule has 0 amide bonds. The number of ether oxygens (including phenoxy) is 1. The summed E-state index contributed by atoms with van der Waals surface area (Å²) >= 11 is 12.2. The van der Waals surface area contributed by atoms with Crippen molar-refractivity contribution in [3.63, 3.8) is 0 Å². The molecule has 9 heteroatoms. The fourth-order valence-electron chi connectivity index (χ4n) is 7.83. The summed E-state index contributed by atoms with van der Waals surface area (Å²) in [5, 5.41) is 5.14. The Morgan fingerprint density at radius 3 is 2.60 bits per heavy atom. The molecule has 0 radical (unpaired) electrons. The summed E-state index contributed by atoms with van der Waals surface area (Å²) in [4.78, 5) is 24.8. The molecule has 3 saturated carbocycles. The molecule has 190 valence electrons. The van der Waals surface area contributed by atoms with E-state index >= 15 is 0 Å². The van der Waals surface area contributed by atoms with Crippen LogP contribution in [0.25, 0.3) is 0 Å². The molecule has 0 aromatic heterocycles. The molecule has 4 aliphatic rings. The average molecular weight is 541 g/mol. The maximum atomic E-state index is 13.2. The molecule has 6 nitrogen and oxygen atoms in total. The molecule has 0 heterocycles. The maximum absolute atomic E-state index is 13.2. The van der Waals surface area contributed by atoms with Crippen molar-refractivity contribution >= 4 is 45.0 Å². The van der Waals surface area contributed by atoms with Crippen LogP contribution < -0.4 is 5.14 Å². The van der Waals surface area contributed by atoms with Crippen LogP contribution in [0.15, 0.2) is 28.7 Å². The van der Waals surface area contributed by atoms with Crippen molar-refractivity contribution in [3.05, 3.63) is 39.4 Å². The monoisotopic (exact) mass is 539 g/mol. The van der Waals surface area contributed by atoms with Gasteiger partial charge in [0.15, 0.2) is 5.78 Å². The molecule has 0 spiro atoms. The topological polar surface area (TPSA) is 104 Å². The highest BCUT2D eigenvalue weighted by molar-refractivity contribution is 7.89. The van der Waals surface area contributed by atoms with Gasteiger partial charge in [0.25, 0.3) is 0 Å². The third-order valence-electron chi connectivity index (χ3n) is 9.35. The van der Waals surface area contributed by atoms with Gasteiger partial charge < -0.3 is 4.74 Å². The highest BCUT2D eigenvalue weighted by atomic mass is 35.5. The van der Waals surface area contributed by atoms with Crippen molar-refractivity contribution < 1.29 is 22.7 Å². The number of allylic oxidation sites excluding steroid dienone is 1. The predicted octanol–water partition coefficient (Wildman–Crippen LogP) is 5.55. The van der Waals surface area contributed by atoms with E-state index in [0.29, 0.717) is 36.0 Å². The second-order valence-electron chi connectivity index (χ2n) is 11.2. The highest BCUT2D eigenvalue weighted by Gasteiger charge is 2.59. The number of halogens is 2. The number of hydrogen-bond acceptors (Lipinski definition) is 5. The Morgan fingerprint density at radius 1 is 1.14 bits per heavy atom. The lowest BCUT2D eigenvalue weighted by Crippen LogP contribution is -2.50. The third kappa shape index (κ3) is 4.26. The standard InChI is InChI=1S/C26H31Cl2NO5S/c1-13-9-14-10-15(30)3-4-16(14)17-7-8-26(2)19(24(13)17)5-6-23(26)34-25(31)18-11-22(35(29,32)33)21(28)12-20(18)27/h10-13,16-17,19,23-24H,3-9H2,1-2H3,(H2,29,32,33)/t13-,16?,17?,19?,23+,24?,26+/m1/s1. The Balaban J connectivity index is 1.38. The molecule has 3 fully saturated rings. The molecule has 4 unspecified atom stereocenters. The van der Waals surface area contributed by atoms with Gasteiger partial charge in [0.2, 0.25) is 10.0 Å². The average Bonchev–Trinajstić information content (AvgIpc) is 3.08. The normalized spacial score (nSPS) is 36.6. The Morgan fingerprint density at radius 2 is 1.89 bits per heavy atom. The summed E-state index contributed by atoms with van der Waals surface area (Å²) in [6.07, 6.45) is 8.00. The maximum Gasteiger partial charge on any atom is 0.339 e. The number of nitrogens with two attached hydrogens (primary N) is 1. The van der Waals surface area contributed by atoms with Crippen LogP contribution in [0.1, 0.15) is 69.2 Å². The first-order valence-corrected chi connectivity index (χ1v) is 14.7. The number of primary sulfonamides is 1. The zero-order valence-electron chi connectivity index (χ0n) is 19.9. The molecule has 4 aliphatic carbocycles. The van der Waals surface area contributed by atoms with Crippen molar-refractivity contribution in [1.29, 1.82) is 0 Å². The number of carbonyl (C=O) groups excluding carboxylic acids is 2. The number of rotatable bonds is 3. The number of sulfonamides is 1. The lowest BCUT2D eigenvalue weighted by molar-refractivity contribution is -0.116. The highest BCUT2D eigenvalue weighted by Crippen LogP contribution is 2.63. The lowest BCUT2D eigenvalue weighted by atomic mass is 9.49. The van der Waals surface area contributed by atoms with Crippen molar-refractivity contribution in [2.45, 2.75) is 69.8 Å². The Hall–Kier alpha value is -1.41. The van der Waals surface area contributed by atoms with E-state index < -0.39 is 16.0 Å². The number of carbonyl (C=O) groups is 2. The van der Waals surface area contributed by atoms with Gasteiger partial charge in [-0.25, -0.2) is 18.4 Å². The molecular weight excluding hydrogens is 509 g/mol. The molecule has 2 N–H and O–H groups in total. The van der Waals surface area contributed by atoms with Gasteiger partial charge in [-0.3, -0.25) is 4.79 Å². The van der Waals surface area contributed by atoms with Crippen LogP contribution >= 0.6 is 23.2 Å². The molecular formula is C26H31Cl2NO5S. The van der Waals surface area contributed by atoms with Crippen molar-refractivity contribution in [3.8, 4) is 0 Å². The van der Waals surface area contributed by atoms with Crippen LogP contribution in [-0.4, -0.2) is 26.3 Å². The summed E-state index contributed by atoms with van der Waals surface area (Å²) in [7, 11) is -4.12. The van der Waals surface area contributed by atoms with Crippen LogP contribution in [0, 0.1) is 35.0 Å². The van der Waals surface area contributed by atoms with Crippen LogP contribution in [-0.2, 0) is 19.6 Å². The lowest BCUT2D eigenvalue weighted by Gasteiger charge is -2.55. The smallest absolute Gasteiger partial charge is 0.339 e. The minimum absolute atomic E-state index is 0.0304. The van der Waals surface area contributed by atoms with Gasteiger partial charge in [0, 0.05) is 11.8 Å². The van der Waals surface area contributed by atoms with Gasteiger partial charge in [0.1, 0.15) is 11.0 Å². The van der Waals surface area contributed by atoms with E-state index in [-0.39, 0.29) is 37.8 Å². The summed E-state index contributed by atoms with van der Waals surface area (Å²) in [6, 6.07) is 2.32. The number of fused-ring (bicyclic) bond motifs is 5. The Kier molecular flexibility index (Phi) is 6.39. The fourth-order valence-corrected chi connectivity index (χ4v) is 9.23. The zero-order chi connectivity index (χ0) is 25.3. The molecule has 0 bridgehead atoms. The summed E-state index contributed by atoms with van der Waals surface area (Å²) in [6.45, 7) is 4.54. The van der Waals surface area contributed by atoms with Gasteiger partial charge in [0.05, 0.1) is 15.6 Å². The Labute approximate surface area is 216 Å². The first-order valence-electron chi connectivity index (χ1n) is 12.4. The molecule has 1 aromatic carbocycles. The number of esters is 1. The molecule has 0 saturated heterocycles. The number of ketones is 1. The van der Waals surface area contributed by atoms with Crippen LogP contribution in [0.3, 0.4) is 0 Å². The Bertz CT molecular complexity index is 1230. The van der Waals surface area contributed by atoms with Gasteiger partial charge >= 0.3 is 5.97 Å². The van der Waals surface area contributed by atoms with E-state index in [0.717, 1.165) is 44.6 Å². The molecule has 35 heavy (non-hydrogen) atoms. The largest absolute Gasteiger partial charge is 0.458 e. The first kappa shape index (κ1) is 25.2. The first-order chi connectivity index (χ1) is 16.4. The van der Waals surface area contributed by atoms with E-state index in [4.69, 9.17) is 33.1 Å². The van der Waals surface area contributed by atoms with E-state index in [1.54, 1.807) is 0 Å². The summed E-state index contributed by atoms with van der Waals surface area (Å²) in [5.74, 6) is 2.16. The van der Waals surface area contributed by atoms with E-state index in [2.05, 4.69) is 13.8 Å².